The van der Waals surface area contributed by atoms with Crippen molar-refractivity contribution in [2.24, 2.45) is 0 Å². The van der Waals surface area contributed by atoms with Crippen LogP contribution in [0.1, 0.15) is 97.3 Å². The van der Waals surface area contributed by atoms with Gasteiger partial charge in [-0.2, -0.15) is 0 Å². The number of phenols is 1. The predicted octanol–water partition coefficient (Wildman–Crippen LogP) is 7.49. The average molecular weight is 307 g/mol. The first-order valence-electron chi connectivity index (χ1n) is 9.55. The lowest BCUT2D eigenvalue weighted by molar-refractivity contribution is 0.475. The molecule has 0 atom stereocenters. The van der Waals surface area contributed by atoms with Crippen molar-refractivity contribution in [1.29, 1.82) is 0 Å². The van der Waals surface area contributed by atoms with Gasteiger partial charge >= 0.3 is 0 Å². The summed E-state index contributed by atoms with van der Waals surface area (Å²) in [5.74, 6) is 0.322. The van der Waals surface area contributed by atoms with Gasteiger partial charge in [-0.05, 0) is 12.1 Å². The summed E-state index contributed by atoms with van der Waals surface area (Å²) in [6.07, 6.45) is 18.9. The minimum Gasteiger partial charge on any atom is -0.508 e. The second-order valence-corrected chi connectivity index (χ2v) is 6.22. The van der Waals surface area contributed by atoms with E-state index in [1.807, 2.05) is 6.07 Å². The molecule has 1 aromatic carbocycles. The van der Waals surface area contributed by atoms with Crippen LogP contribution in [0, 0.1) is 0 Å². The van der Waals surface area contributed by atoms with Gasteiger partial charge in [-0.3, -0.25) is 0 Å². The van der Waals surface area contributed by atoms with Gasteiger partial charge < -0.3 is 5.11 Å². The van der Waals surface area contributed by atoms with Crippen molar-refractivity contribution in [3.05, 3.63) is 30.3 Å². The molecule has 1 N–H and O–H groups in total. The van der Waals surface area contributed by atoms with Crippen molar-refractivity contribution < 1.29 is 5.11 Å². The summed E-state index contributed by atoms with van der Waals surface area (Å²) in [5.41, 5.74) is 0. The average Bonchev–Trinajstić information content (AvgIpc) is 2.54. The van der Waals surface area contributed by atoms with Crippen LogP contribution in [-0.4, -0.2) is 5.11 Å². The van der Waals surface area contributed by atoms with Gasteiger partial charge in [-0.1, -0.05) is 116 Å². The number of benzene rings is 1. The topological polar surface area (TPSA) is 20.2 Å². The third-order valence-electron chi connectivity index (χ3n) is 3.96. The Hall–Kier alpha value is -0.980. The van der Waals surface area contributed by atoms with Crippen LogP contribution in [0.3, 0.4) is 0 Å². The first-order valence-corrected chi connectivity index (χ1v) is 9.55. The van der Waals surface area contributed by atoms with E-state index >= 15 is 0 Å². The molecule has 0 bridgehead atoms. The summed E-state index contributed by atoms with van der Waals surface area (Å²) in [4.78, 5) is 0. The van der Waals surface area contributed by atoms with Gasteiger partial charge in [0.15, 0.2) is 0 Å². The maximum Gasteiger partial charge on any atom is 0.115 e. The van der Waals surface area contributed by atoms with Crippen molar-refractivity contribution in [3.63, 3.8) is 0 Å². The number of aromatic hydroxyl groups is 1. The van der Waals surface area contributed by atoms with Crippen molar-refractivity contribution in [3.8, 4) is 5.75 Å². The van der Waals surface area contributed by atoms with Gasteiger partial charge in [0.1, 0.15) is 5.75 Å². The minimum absolute atomic E-state index is 0.322. The number of hydrogen-bond acceptors (Lipinski definition) is 1. The second kappa shape index (κ2) is 18.1. The van der Waals surface area contributed by atoms with Crippen LogP contribution in [0.15, 0.2) is 30.3 Å². The molecule has 0 unspecified atom stereocenters. The highest BCUT2D eigenvalue weighted by Gasteiger charge is 1.92. The van der Waals surface area contributed by atoms with Crippen molar-refractivity contribution in [2.75, 3.05) is 0 Å². The van der Waals surface area contributed by atoms with E-state index in [9.17, 15) is 0 Å². The molecule has 0 aliphatic carbocycles. The molecule has 0 heterocycles. The Balaban J connectivity index is 0.000000518. The molecule has 0 aliphatic rings. The molecule has 0 aromatic heterocycles. The smallest absolute Gasteiger partial charge is 0.115 e. The van der Waals surface area contributed by atoms with E-state index in [0.29, 0.717) is 5.75 Å². The Morgan fingerprint density at radius 2 is 0.864 bits per heavy atom. The summed E-state index contributed by atoms with van der Waals surface area (Å²) in [6.45, 7) is 4.58. The molecule has 1 aromatic rings. The molecule has 0 amide bonds. The predicted molar refractivity (Wildman–Crippen MR) is 99.5 cm³/mol. The zero-order valence-corrected chi connectivity index (χ0v) is 15.0. The number of phenolic OH excluding ortho intramolecular Hbond substituents is 1. The van der Waals surface area contributed by atoms with Crippen LogP contribution in [0.5, 0.6) is 5.75 Å². The van der Waals surface area contributed by atoms with Gasteiger partial charge in [0.25, 0.3) is 0 Å². The van der Waals surface area contributed by atoms with Crippen LogP contribution >= 0.6 is 0 Å². The van der Waals surface area contributed by atoms with Gasteiger partial charge in [-0.25, -0.2) is 0 Å². The number of unbranched alkanes of at least 4 members (excludes halogenated alkanes) is 12. The molecule has 0 spiro atoms. The fraction of sp³-hybridized carbons (Fsp3) is 0.714. The Bertz CT molecular complexity index is 282. The lowest BCUT2D eigenvalue weighted by Gasteiger charge is -2.01. The van der Waals surface area contributed by atoms with Crippen LogP contribution in [0.25, 0.3) is 0 Å². The van der Waals surface area contributed by atoms with E-state index in [2.05, 4.69) is 13.8 Å². The summed E-state index contributed by atoms with van der Waals surface area (Å²) in [7, 11) is 0. The first kappa shape index (κ1) is 21.0. The molecule has 0 saturated heterocycles. The van der Waals surface area contributed by atoms with Gasteiger partial charge in [0, 0.05) is 0 Å². The Kier molecular flexibility index (Phi) is 17.3. The molecule has 0 fully saturated rings. The molecule has 22 heavy (non-hydrogen) atoms. The van der Waals surface area contributed by atoms with Gasteiger partial charge in [0.05, 0.1) is 0 Å². The van der Waals surface area contributed by atoms with Crippen LogP contribution in [-0.2, 0) is 0 Å². The highest BCUT2D eigenvalue weighted by Crippen LogP contribution is 2.12. The minimum atomic E-state index is 0.322. The molecular weight excluding hydrogens is 268 g/mol. The Labute approximate surface area is 139 Å². The van der Waals surface area contributed by atoms with Crippen LogP contribution in [0.2, 0.25) is 0 Å². The largest absolute Gasteiger partial charge is 0.508 e. The van der Waals surface area contributed by atoms with E-state index in [4.69, 9.17) is 5.11 Å². The van der Waals surface area contributed by atoms with Crippen molar-refractivity contribution in [2.45, 2.75) is 97.3 Å². The molecule has 0 saturated carbocycles. The highest BCUT2D eigenvalue weighted by molar-refractivity contribution is 5.18. The number of hydrogen-bond donors (Lipinski definition) is 1. The van der Waals surface area contributed by atoms with E-state index in [1.54, 1.807) is 24.3 Å². The Morgan fingerprint density at radius 3 is 1.09 bits per heavy atom. The molecule has 1 heteroatoms. The lowest BCUT2D eigenvalue weighted by atomic mass is 10.1. The summed E-state index contributed by atoms with van der Waals surface area (Å²) >= 11 is 0. The molecule has 1 rings (SSSR count). The standard InChI is InChI=1S/C15H32.C6H6O/c1-3-5-7-9-11-13-15-14-12-10-8-6-4-2;7-6-4-2-1-3-5-6/h3-15H2,1-2H3;1-5,7H. The second-order valence-electron chi connectivity index (χ2n) is 6.22. The highest BCUT2D eigenvalue weighted by atomic mass is 16.3. The number of rotatable bonds is 12. The molecular formula is C21H38O. The van der Waals surface area contributed by atoms with E-state index in [-0.39, 0.29) is 0 Å². The third-order valence-corrected chi connectivity index (χ3v) is 3.96. The van der Waals surface area contributed by atoms with Gasteiger partial charge in [-0.15, -0.1) is 0 Å². The first-order chi connectivity index (χ1) is 10.8. The van der Waals surface area contributed by atoms with Crippen molar-refractivity contribution in [1.82, 2.24) is 0 Å². The zero-order chi connectivity index (χ0) is 16.3. The van der Waals surface area contributed by atoms with Crippen LogP contribution < -0.4 is 0 Å². The molecule has 0 aliphatic heterocycles. The molecule has 128 valence electrons. The van der Waals surface area contributed by atoms with E-state index < -0.39 is 0 Å². The maximum atomic E-state index is 8.63. The van der Waals surface area contributed by atoms with Crippen LogP contribution in [0.4, 0.5) is 0 Å². The summed E-state index contributed by atoms with van der Waals surface area (Å²) < 4.78 is 0. The van der Waals surface area contributed by atoms with Gasteiger partial charge in [0.2, 0.25) is 0 Å². The fourth-order valence-electron chi connectivity index (χ4n) is 2.52. The fourth-order valence-corrected chi connectivity index (χ4v) is 2.52. The monoisotopic (exact) mass is 306 g/mol. The lowest BCUT2D eigenvalue weighted by Crippen LogP contribution is -1.82. The maximum absolute atomic E-state index is 8.63. The third kappa shape index (κ3) is 17.1. The molecule has 0 radical (unpaired) electrons. The summed E-state index contributed by atoms with van der Waals surface area (Å²) in [6, 6.07) is 8.71. The zero-order valence-electron chi connectivity index (χ0n) is 15.0. The van der Waals surface area contributed by atoms with E-state index in [1.165, 1.54) is 83.5 Å². The SMILES string of the molecule is CCCCCCCCCCCCCCC.Oc1ccccc1. The molecule has 1 nitrogen and oxygen atoms in total. The quantitative estimate of drug-likeness (QED) is 0.396. The van der Waals surface area contributed by atoms with E-state index in [0.717, 1.165) is 0 Å². The van der Waals surface area contributed by atoms with Crippen molar-refractivity contribution >= 4 is 0 Å². The summed E-state index contributed by atoms with van der Waals surface area (Å²) in [5, 5.41) is 8.63. The Morgan fingerprint density at radius 1 is 0.545 bits per heavy atom. The normalized spacial score (nSPS) is 10.1. The number of para-hydroxylation sites is 1.